The van der Waals surface area contributed by atoms with Crippen LogP contribution in [0.15, 0.2) is 54.6 Å². The Morgan fingerprint density at radius 2 is 1.67 bits per heavy atom. The summed E-state index contributed by atoms with van der Waals surface area (Å²) < 4.78 is 1.69. The number of amides is 2. The number of halogens is 2. The highest BCUT2D eigenvalue weighted by Crippen LogP contribution is 2.23. The molecule has 0 aliphatic heterocycles. The number of rotatable bonds is 8. The van der Waals surface area contributed by atoms with Crippen molar-refractivity contribution in [2.24, 2.45) is 0 Å². The van der Waals surface area contributed by atoms with E-state index in [0.29, 0.717) is 34.4 Å². The first-order valence-electron chi connectivity index (χ1n) is 10.6. The van der Waals surface area contributed by atoms with Gasteiger partial charge in [-0.05, 0) is 62.2 Å². The SMILES string of the molecule is Cc1nn(Cc2ccc(Cl)cc2)c(Cl)c1/C=C/C(=O)Nc1ccc(CC(=O)NC(C)C)cc1. The molecule has 0 saturated heterocycles. The van der Waals surface area contributed by atoms with Crippen LogP contribution in [0.3, 0.4) is 0 Å². The Morgan fingerprint density at radius 1 is 1.03 bits per heavy atom. The van der Waals surface area contributed by atoms with Gasteiger partial charge >= 0.3 is 0 Å². The molecule has 0 aliphatic carbocycles. The van der Waals surface area contributed by atoms with Crippen molar-refractivity contribution in [1.29, 1.82) is 0 Å². The number of nitrogens with zero attached hydrogens (tertiary/aromatic N) is 2. The lowest BCUT2D eigenvalue weighted by Gasteiger charge is -2.08. The van der Waals surface area contributed by atoms with Crippen LogP contribution in [0.2, 0.25) is 10.2 Å². The van der Waals surface area contributed by atoms with Crippen LogP contribution >= 0.6 is 23.2 Å². The Balaban J connectivity index is 1.60. The second-order valence-corrected chi connectivity index (χ2v) is 8.79. The molecule has 3 rings (SSSR count). The lowest BCUT2D eigenvalue weighted by Crippen LogP contribution is -2.31. The first-order chi connectivity index (χ1) is 15.7. The molecule has 0 spiro atoms. The lowest BCUT2D eigenvalue weighted by molar-refractivity contribution is -0.121. The fraction of sp³-hybridized carbons (Fsp3) is 0.240. The predicted molar refractivity (Wildman–Crippen MR) is 134 cm³/mol. The van der Waals surface area contributed by atoms with Crippen molar-refractivity contribution >= 4 is 46.8 Å². The van der Waals surface area contributed by atoms with E-state index in [1.165, 1.54) is 6.08 Å². The average Bonchev–Trinajstić information content (AvgIpc) is 3.01. The van der Waals surface area contributed by atoms with Gasteiger partial charge in [-0.1, -0.05) is 47.5 Å². The van der Waals surface area contributed by atoms with E-state index in [1.54, 1.807) is 22.9 Å². The summed E-state index contributed by atoms with van der Waals surface area (Å²) in [7, 11) is 0. The normalized spacial score (nSPS) is 11.2. The molecular weight excluding hydrogens is 459 g/mol. The van der Waals surface area contributed by atoms with Crippen LogP contribution < -0.4 is 10.6 Å². The Labute approximate surface area is 203 Å². The Bertz CT molecular complexity index is 1150. The van der Waals surface area contributed by atoms with Gasteiger partial charge in [-0.15, -0.1) is 0 Å². The fourth-order valence-electron chi connectivity index (χ4n) is 3.23. The highest BCUT2D eigenvalue weighted by atomic mass is 35.5. The quantitative estimate of drug-likeness (QED) is 0.427. The highest BCUT2D eigenvalue weighted by Gasteiger charge is 2.12. The molecule has 0 fully saturated rings. The minimum Gasteiger partial charge on any atom is -0.354 e. The van der Waals surface area contributed by atoms with Crippen molar-refractivity contribution in [3.8, 4) is 0 Å². The Kier molecular flexibility index (Phi) is 8.31. The number of carbonyl (C=O) groups excluding carboxylic acids is 2. The smallest absolute Gasteiger partial charge is 0.248 e. The molecule has 0 aliphatic rings. The van der Waals surface area contributed by atoms with Crippen LogP contribution in [0.4, 0.5) is 5.69 Å². The number of hydrogen-bond donors (Lipinski definition) is 2. The van der Waals surface area contributed by atoms with Gasteiger partial charge in [-0.2, -0.15) is 5.10 Å². The van der Waals surface area contributed by atoms with Gasteiger partial charge in [0, 0.05) is 28.4 Å². The van der Waals surface area contributed by atoms with Crippen molar-refractivity contribution in [1.82, 2.24) is 15.1 Å². The molecule has 8 heteroatoms. The molecule has 1 aromatic heterocycles. The molecule has 1 heterocycles. The van der Waals surface area contributed by atoms with Crippen LogP contribution in [0.1, 0.15) is 36.2 Å². The third-order valence-corrected chi connectivity index (χ3v) is 5.44. The summed E-state index contributed by atoms with van der Waals surface area (Å²) >= 11 is 12.4. The maximum atomic E-state index is 12.4. The third kappa shape index (κ3) is 7.20. The molecule has 33 heavy (non-hydrogen) atoms. The monoisotopic (exact) mass is 484 g/mol. The molecule has 0 radical (unpaired) electrons. The van der Waals surface area contributed by atoms with Crippen molar-refractivity contribution in [2.45, 2.75) is 39.8 Å². The van der Waals surface area contributed by atoms with E-state index < -0.39 is 0 Å². The van der Waals surface area contributed by atoms with Gasteiger partial charge in [0.05, 0.1) is 18.7 Å². The van der Waals surface area contributed by atoms with Crippen molar-refractivity contribution in [2.75, 3.05) is 5.32 Å². The fourth-order valence-corrected chi connectivity index (χ4v) is 3.65. The van der Waals surface area contributed by atoms with Gasteiger partial charge in [0.25, 0.3) is 0 Å². The Morgan fingerprint density at radius 3 is 2.30 bits per heavy atom. The summed E-state index contributed by atoms with van der Waals surface area (Å²) in [4.78, 5) is 24.2. The number of aromatic nitrogens is 2. The minimum absolute atomic E-state index is 0.0337. The maximum absolute atomic E-state index is 12.4. The van der Waals surface area contributed by atoms with Crippen LogP contribution in [0.5, 0.6) is 0 Å². The van der Waals surface area contributed by atoms with Gasteiger partial charge < -0.3 is 10.6 Å². The molecule has 2 aromatic carbocycles. The van der Waals surface area contributed by atoms with Crippen molar-refractivity contribution in [3.63, 3.8) is 0 Å². The highest BCUT2D eigenvalue weighted by molar-refractivity contribution is 6.31. The molecule has 0 bridgehead atoms. The van der Waals surface area contributed by atoms with Crippen LogP contribution in [-0.2, 0) is 22.6 Å². The summed E-state index contributed by atoms with van der Waals surface area (Å²) in [6.07, 6.45) is 3.37. The second kappa shape index (κ2) is 11.2. The maximum Gasteiger partial charge on any atom is 0.248 e. The minimum atomic E-state index is -0.291. The van der Waals surface area contributed by atoms with E-state index in [-0.39, 0.29) is 17.9 Å². The zero-order valence-corrected chi connectivity index (χ0v) is 20.2. The van der Waals surface area contributed by atoms with E-state index in [0.717, 1.165) is 16.8 Å². The molecule has 0 unspecified atom stereocenters. The number of anilines is 1. The number of benzene rings is 2. The second-order valence-electron chi connectivity index (χ2n) is 7.99. The largest absolute Gasteiger partial charge is 0.354 e. The van der Waals surface area contributed by atoms with E-state index in [4.69, 9.17) is 23.2 Å². The number of hydrogen-bond acceptors (Lipinski definition) is 3. The summed E-state index contributed by atoms with van der Waals surface area (Å²) in [5.41, 5.74) is 3.94. The van der Waals surface area contributed by atoms with E-state index in [9.17, 15) is 9.59 Å². The van der Waals surface area contributed by atoms with Gasteiger partial charge in [-0.25, -0.2) is 4.68 Å². The summed E-state index contributed by atoms with van der Waals surface area (Å²) in [6.45, 7) is 6.18. The molecule has 6 nitrogen and oxygen atoms in total. The van der Waals surface area contributed by atoms with Gasteiger partial charge in [-0.3, -0.25) is 9.59 Å². The zero-order chi connectivity index (χ0) is 24.0. The Hall–Kier alpha value is -3.09. The predicted octanol–water partition coefficient (Wildman–Crippen LogP) is 5.27. The van der Waals surface area contributed by atoms with Crippen molar-refractivity contribution in [3.05, 3.63) is 87.2 Å². The van der Waals surface area contributed by atoms with Crippen LogP contribution in [0.25, 0.3) is 6.08 Å². The lowest BCUT2D eigenvalue weighted by atomic mass is 10.1. The summed E-state index contributed by atoms with van der Waals surface area (Å²) in [5.74, 6) is -0.324. The molecule has 0 saturated carbocycles. The van der Waals surface area contributed by atoms with E-state index in [1.807, 2.05) is 57.2 Å². The zero-order valence-electron chi connectivity index (χ0n) is 18.7. The average molecular weight is 485 g/mol. The number of carbonyl (C=O) groups is 2. The molecular formula is C25H26Cl2N4O2. The number of aryl methyl sites for hydroxylation is 1. The molecule has 0 atom stereocenters. The van der Waals surface area contributed by atoms with Gasteiger partial charge in [0.15, 0.2) is 0 Å². The summed E-state index contributed by atoms with van der Waals surface area (Å²) in [5, 5.41) is 11.3. The summed E-state index contributed by atoms with van der Waals surface area (Å²) in [6, 6.07) is 14.8. The third-order valence-electron chi connectivity index (χ3n) is 4.79. The van der Waals surface area contributed by atoms with Gasteiger partial charge in [0.2, 0.25) is 11.8 Å². The van der Waals surface area contributed by atoms with E-state index >= 15 is 0 Å². The number of nitrogens with one attached hydrogen (secondary N) is 2. The molecule has 2 N–H and O–H groups in total. The first-order valence-corrected chi connectivity index (χ1v) is 11.3. The van der Waals surface area contributed by atoms with Gasteiger partial charge in [0.1, 0.15) is 5.15 Å². The van der Waals surface area contributed by atoms with Crippen LogP contribution in [-0.4, -0.2) is 27.6 Å². The van der Waals surface area contributed by atoms with E-state index in [2.05, 4.69) is 15.7 Å². The molecule has 3 aromatic rings. The first kappa shape index (κ1) is 24.6. The topological polar surface area (TPSA) is 76.0 Å². The molecule has 2 amide bonds. The standard InChI is InChI=1S/C25H26Cl2N4O2/c1-16(2)28-24(33)14-18-6-10-21(11-7-18)29-23(32)13-12-22-17(3)30-31(25(22)27)15-19-4-8-20(26)9-5-19/h4-13,16H,14-15H2,1-3H3,(H,28,33)(H,29,32)/b13-12+. The van der Waals surface area contributed by atoms with Crippen molar-refractivity contribution < 1.29 is 9.59 Å². The molecule has 172 valence electrons. The van der Waals surface area contributed by atoms with Crippen LogP contribution in [0, 0.1) is 6.92 Å².